The molecule has 0 saturated heterocycles. The van der Waals surface area contributed by atoms with Gasteiger partial charge in [0.25, 0.3) is 10.1 Å². The second kappa shape index (κ2) is 6.56. The number of hydrogen-bond donors (Lipinski definition) is 2. The van der Waals surface area contributed by atoms with Crippen LogP contribution >= 0.6 is 0 Å². The fraction of sp³-hybridized carbons (Fsp3) is 0.625. The minimum Gasteiger partial charge on any atom is -0.349 e. The molecule has 0 bridgehead atoms. The van der Waals surface area contributed by atoms with E-state index in [4.69, 9.17) is 4.55 Å². The van der Waals surface area contributed by atoms with Gasteiger partial charge in [0.05, 0.1) is 6.26 Å². The van der Waals surface area contributed by atoms with Gasteiger partial charge in [0, 0.05) is 18.8 Å². The molecule has 1 aromatic rings. The molecule has 0 atom stereocenters. The molecule has 0 saturated carbocycles. The molecule has 14 heavy (non-hydrogen) atoms. The predicted octanol–water partition coefficient (Wildman–Crippen LogP) is 1.26. The summed E-state index contributed by atoms with van der Waals surface area (Å²) in [6.45, 7) is 2.18. The van der Waals surface area contributed by atoms with Crippen LogP contribution in [0.5, 0.6) is 0 Å². The maximum Gasteiger partial charge on any atom is 0.261 e. The van der Waals surface area contributed by atoms with Gasteiger partial charge in [-0.1, -0.05) is 13.3 Å². The fourth-order valence-corrected chi connectivity index (χ4v) is 0.779. The van der Waals surface area contributed by atoms with E-state index in [0.717, 1.165) is 12.2 Å². The number of aryl methyl sites for hydroxylation is 1. The number of nitrogens with zero attached hydrogens (tertiary/aromatic N) is 1. The summed E-state index contributed by atoms with van der Waals surface area (Å²) in [5.74, 6) is 1.11. The summed E-state index contributed by atoms with van der Waals surface area (Å²) < 4.78 is 25.9. The van der Waals surface area contributed by atoms with E-state index in [0.29, 0.717) is 6.26 Å². The van der Waals surface area contributed by atoms with Crippen molar-refractivity contribution in [3.63, 3.8) is 0 Å². The number of rotatable bonds is 3. The molecular weight excluding hydrogens is 204 g/mol. The van der Waals surface area contributed by atoms with E-state index >= 15 is 0 Å². The lowest BCUT2D eigenvalue weighted by Gasteiger charge is -1.90. The first kappa shape index (κ1) is 13.1. The SMILES string of the molecule is CCCCc1ncc[nH]1.CS(=O)(=O)O. The first-order valence-corrected chi connectivity index (χ1v) is 6.19. The number of nitrogens with one attached hydrogen (secondary N) is 1. The molecule has 0 unspecified atom stereocenters. The molecule has 0 aromatic carbocycles. The third-order valence-corrected chi connectivity index (χ3v) is 1.32. The standard InChI is InChI=1S/C7H12N2.CH4O3S/c1-2-3-4-7-8-5-6-9-7;1-5(2,3)4/h5-6H,2-4H2,1H3,(H,8,9);1H3,(H,2,3,4). The Labute approximate surface area is 84.3 Å². The van der Waals surface area contributed by atoms with Crippen molar-refractivity contribution in [3.8, 4) is 0 Å². The van der Waals surface area contributed by atoms with E-state index in [2.05, 4.69) is 16.9 Å². The smallest absolute Gasteiger partial charge is 0.261 e. The van der Waals surface area contributed by atoms with Gasteiger partial charge in [0.2, 0.25) is 0 Å². The molecule has 0 spiro atoms. The van der Waals surface area contributed by atoms with Gasteiger partial charge in [0.1, 0.15) is 5.82 Å². The summed E-state index contributed by atoms with van der Waals surface area (Å²) in [5, 5.41) is 0. The van der Waals surface area contributed by atoms with E-state index in [1.54, 1.807) is 6.20 Å². The normalized spacial score (nSPS) is 10.5. The zero-order valence-corrected chi connectivity index (χ0v) is 9.21. The van der Waals surface area contributed by atoms with Crippen LogP contribution in [-0.4, -0.2) is 29.2 Å². The van der Waals surface area contributed by atoms with Crippen LogP contribution in [0.4, 0.5) is 0 Å². The first-order chi connectivity index (χ1) is 6.43. The Morgan fingerprint density at radius 1 is 1.57 bits per heavy atom. The lowest BCUT2D eigenvalue weighted by molar-refractivity contribution is 0.490. The molecule has 1 rings (SSSR count). The average molecular weight is 220 g/mol. The number of hydrogen-bond acceptors (Lipinski definition) is 3. The number of H-pyrrole nitrogens is 1. The number of imidazole rings is 1. The van der Waals surface area contributed by atoms with Gasteiger partial charge in [-0.2, -0.15) is 8.42 Å². The molecule has 5 nitrogen and oxygen atoms in total. The predicted molar refractivity (Wildman–Crippen MR) is 54.7 cm³/mol. The van der Waals surface area contributed by atoms with E-state index in [9.17, 15) is 8.42 Å². The van der Waals surface area contributed by atoms with Crippen LogP contribution in [0.1, 0.15) is 25.6 Å². The zero-order valence-electron chi connectivity index (χ0n) is 8.40. The zero-order chi connectivity index (χ0) is 11.0. The molecule has 0 aliphatic heterocycles. The van der Waals surface area contributed by atoms with Crippen LogP contribution in [0.2, 0.25) is 0 Å². The highest BCUT2D eigenvalue weighted by Gasteiger charge is 1.90. The van der Waals surface area contributed by atoms with Gasteiger partial charge in [-0.25, -0.2) is 4.98 Å². The van der Waals surface area contributed by atoms with Crippen LogP contribution in [-0.2, 0) is 16.5 Å². The topological polar surface area (TPSA) is 83.0 Å². The quantitative estimate of drug-likeness (QED) is 0.751. The van der Waals surface area contributed by atoms with Crippen LogP contribution in [0.25, 0.3) is 0 Å². The third-order valence-electron chi connectivity index (χ3n) is 1.32. The largest absolute Gasteiger partial charge is 0.349 e. The van der Waals surface area contributed by atoms with E-state index < -0.39 is 10.1 Å². The first-order valence-electron chi connectivity index (χ1n) is 4.34. The maximum absolute atomic E-state index is 9.19. The monoisotopic (exact) mass is 220 g/mol. The minimum absolute atomic E-state index is 0.715. The molecule has 1 heterocycles. The summed E-state index contributed by atoms with van der Waals surface area (Å²) in [6.07, 6.45) is 7.93. The van der Waals surface area contributed by atoms with Crippen molar-refractivity contribution in [2.45, 2.75) is 26.2 Å². The van der Waals surface area contributed by atoms with Gasteiger partial charge in [-0.15, -0.1) is 0 Å². The van der Waals surface area contributed by atoms with Gasteiger partial charge in [-0.05, 0) is 6.42 Å². The molecule has 82 valence electrons. The van der Waals surface area contributed by atoms with Crippen LogP contribution in [0.15, 0.2) is 12.4 Å². The van der Waals surface area contributed by atoms with E-state index in [-0.39, 0.29) is 0 Å². The fourth-order valence-electron chi connectivity index (χ4n) is 0.779. The van der Waals surface area contributed by atoms with Crippen molar-refractivity contribution in [2.24, 2.45) is 0 Å². The lowest BCUT2D eigenvalue weighted by Crippen LogP contribution is -1.88. The summed E-state index contributed by atoms with van der Waals surface area (Å²) in [5.41, 5.74) is 0. The highest BCUT2D eigenvalue weighted by Crippen LogP contribution is 1.96. The van der Waals surface area contributed by atoms with Crippen molar-refractivity contribution in [3.05, 3.63) is 18.2 Å². The third kappa shape index (κ3) is 11.1. The highest BCUT2D eigenvalue weighted by atomic mass is 32.2. The Kier molecular flexibility index (Phi) is 6.14. The molecule has 0 aliphatic rings. The number of aromatic nitrogens is 2. The summed E-state index contributed by atoms with van der Waals surface area (Å²) >= 11 is 0. The Morgan fingerprint density at radius 3 is 2.50 bits per heavy atom. The second-order valence-corrected chi connectivity index (χ2v) is 4.34. The Morgan fingerprint density at radius 2 is 2.14 bits per heavy atom. The lowest BCUT2D eigenvalue weighted by atomic mass is 10.2. The van der Waals surface area contributed by atoms with Crippen molar-refractivity contribution in [1.82, 2.24) is 9.97 Å². The van der Waals surface area contributed by atoms with Gasteiger partial charge < -0.3 is 4.98 Å². The summed E-state index contributed by atoms with van der Waals surface area (Å²) in [7, 11) is -3.67. The molecule has 0 aliphatic carbocycles. The molecule has 1 aromatic heterocycles. The van der Waals surface area contributed by atoms with Gasteiger partial charge >= 0.3 is 0 Å². The Bertz CT molecular complexity index is 310. The number of unbranched alkanes of at least 4 members (excludes halogenated alkanes) is 1. The minimum atomic E-state index is -3.67. The Hall–Kier alpha value is -0.880. The van der Waals surface area contributed by atoms with Crippen molar-refractivity contribution in [2.75, 3.05) is 6.26 Å². The molecule has 2 N–H and O–H groups in total. The van der Waals surface area contributed by atoms with Crippen molar-refractivity contribution >= 4 is 10.1 Å². The summed E-state index contributed by atoms with van der Waals surface area (Å²) in [4.78, 5) is 7.16. The molecule has 0 fully saturated rings. The Balaban J connectivity index is 0.000000292. The van der Waals surface area contributed by atoms with Crippen LogP contribution in [0, 0.1) is 0 Å². The van der Waals surface area contributed by atoms with Crippen molar-refractivity contribution in [1.29, 1.82) is 0 Å². The van der Waals surface area contributed by atoms with Crippen LogP contribution < -0.4 is 0 Å². The molecule has 6 heteroatoms. The number of aromatic amines is 1. The van der Waals surface area contributed by atoms with E-state index in [1.807, 2.05) is 6.20 Å². The molecule has 0 amide bonds. The van der Waals surface area contributed by atoms with Crippen LogP contribution in [0.3, 0.4) is 0 Å². The average Bonchev–Trinajstić information content (AvgIpc) is 2.49. The van der Waals surface area contributed by atoms with E-state index in [1.165, 1.54) is 12.8 Å². The molecule has 0 radical (unpaired) electrons. The second-order valence-electron chi connectivity index (χ2n) is 2.87. The van der Waals surface area contributed by atoms with Gasteiger partial charge in [-0.3, -0.25) is 4.55 Å². The maximum atomic E-state index is 9.19. The van der Waals surface area contributed by atoms with Gasteiger partial charge in [0.15, 0.2) is 0 Å². The summed E-state index contributed by atoms with van der Waals surface area (Å²) in [6, 6.07) is 0. The molecular formula is C8H16N2O3S. The highest BCUT2D eigenvalue weighted by molar-refractivity contribution is 7.85. The van der Waals surface area contributed by atoms with Crippen molar-refractivity contribution < 1.29 is 13.0 Å².